The molecule has 0 saturated heterocycles. The molecule has 0 heterocycles. The van der Waals surface area contributed by atoms with Crippen molar-refractivity contribution in [3.63, 3.8) is 0 Å². The lowest BCUT2D eigenvalue weighted by atomic mass is 10.3. The van der Waals surface area contributed by atoms with E-state index < -0.39 is 46.5 Å². The number of carboxylic acids is 2. The summed E-state index contributed by atoms with van der Waals surface area (Å²) in [6.45, 7) is -0.545. The standard InChI is InChI=1S/C8H13NO8S/c10-6(1-2-7(11)12)9-4-5(3-8(13)14)18(15,16)17/h1-2,5-6,9-10H,3-4H2,(H,11,12)(H,13,14)(H,15,16,17). The molecule has 5 N–H and O–H groups in total. The Bertz CT molecular complexity index is 428. The Kier molecular flexibility index (Phi) is 6.47. The van der Waals surface area contributed by atoms with Gasteiger partial charge in [0.2, 0.25) is 0 Å². The highest BCUT2D eigenvalue weighted by Crippen LogP contribution is 2.03. The number of nitrogens with one attached hydrogen (secondary N) is 1. The summed E-state index contributed by atoms with van der Waals surface area (Å²) in [4.78, 5) is 20.5. The van der Waals surface area contributed by atoms with Crippen molar-refractivity contribution in [2.24, 2.45) is 0 Å². The van der Waals surface area contributed by atoms with Gasteiger partial charge in [0.15, 0.2) is 0 Å². The Hall–Kier alpha value is -1.49. The van der Waals surface area contributed by atoms with Gasteiger partial charge < -0.3 is 15.3 Å². The highest BCUT2D eigenvalue weighted by Gasteiger charge is 2.26. The lowest BCUT2D eigenvalue weighted by Crippen LogP contribution is -2.39. The molecule has 104 valence electrons. The summed E-state index contributed by atoms with van der Waals surface area (Å²) >= 11 is 0. The van der Waals surface area contributed by atoms with E-state index in [0.717, 1.165) is 6.08 Å². The molecule has 9 nitrogen and oxygen atoms in total. The first-order valence-electron chi connectivity index (χ1n) is 4.63. The zero-order chi connectivity index (χ0) is 14.3. The number of hydrogen-bond donors (Lipinski definition) is 5. The van der Waals surface area contributed by atoms with Gasteiger partial charge in [0.25, 0.3) is 10.1 Å². The molecule has 0 fully saturated rings. The third-order valence-corrected chi connectivity index (χ3v) is 2.98. The lowest BCUT2D eigenvalue weighted by molar-refractivity contribution is -0.137. The summed E-state index contributed by atoms with van der Waals surface area (Å²) in [5.74, 6) is -2.75. The van der Waals surface area contributed by atoms with Crippen molar-refractivity contribution in [3.05, 3.63) is 12.2 Å². The van der Waals surface area contributed by atoms with Gasteiger partial charge in [-0.2, -0.15) is 8.42 Å². The van der Waals surface area contributed by atoms with Crippen LogP contribution in [0.4, 0.5) is 0 Å². The van der Waals surface area contributed by atoms with Gasteiger partial charge >= 0.3 is 11.9 Å². The molecule has 0 aromatic rings. The van der Waals surface area contributed by atoms with Crippen molar-refractivity contribution in [2.75, 3.05) is 6.54 Å². The second-order valence-electron chi connectivity index (χ2n) is 3.29. The maximum Gasteiger partial charge on any atom is 0.328 e. The Morgan fingerprint density at radius 3 is 2.22 bits per heavy atom. The van der Waals surface area contributed by atoms with Gasteiger partial charge in [0.05, 0.1) is 6.42 Å². The zero-order valence-electron chi connectivity index (χ0n) is 9.05. The predicted molar refractivity (Wildman–Crippen MR) is 58.4 cm³/mol. The van der Waals surface area contributed by atoms with Crippen LogP contribution in [0.2, 0.25) is 0 Å². The first-order chi connectivity index (χ1) is 8.12. The summed E-state index contributed by atoms with van der Waals surface area (Å²) in [7, 11) is -4.58. The van der Waals surface area contributed by atoms with Crippen LogP contribution in [0.5, 0.6) is 0 Å². The van der Waals surface area contributed by atoms with E-state index in [0.29, 0.717) is 6.08 Å². The van der Waals surface area contributed by atoms with Crippen molar-refractivity contribution >= 4 is 22.1 Å². The Labute approximate surface area is 102 Å². The number of aliphatic hydroxyl groups excluding tert-OH is 1. The second kappa shape index (κ2) is 7.06. The number of carboxylic acid groups (broad SMARTS) is 2. The van der Waals surface area contributed by atoms with Crippen LogP contribution in [0, 0.1) is 0 Å². The maximum absolute atomic E-state index is 10.8. The smallest absolute Gasteiger partial charge is 0.328 e. The molecule has 0 aromatic carbocycles. The molecule has 0 bridgehead atoms. The number of aliphatic carboxylic acids is 2. The van der Waals surface area contributed by atoms with E-state index in [1.807, 2.05) is 0 Å². The Balaban J connectivity index is 4.44. The average Bonchev–Trinajstić information content (AvgIpc) is 2.19. The highest BCUT2D eigenvalue weighted by molar-refractivity contribution is 7.86. The summed E-state index contributed by atoms with van der Waals surface area (Å²) in [6.07, 6.45) is -0.873. The molecule has 0 aliphatic heterocycles. The molecule has 2 unspecified atom stereocenters. The Morgan fingerprint density at radius 2 is 1.83 bits per heavy atom. The van der Waals surface area contributed by atoms with E-state index in [4.69, 9.17) is 19.9 Å². The molecule has 0 aliphatic rings. The lowest BCUT2D eigenvalue weighted by Gasteiger charge is -2.14. The minimum atomic E-state index is -4.58. The van der Waals surface area contributed by atoms with Crippen molar-refractivity contribution in [3.8, 4) is 0 Å². The third-order valence-electron chi connectivity index (χ3n) is 1.80. The molecular formula is C8H13NO8S. The molecule has 2 atom stereocenters. The van der Waals surface area contributed by atoms with E-state index in [1.54, 1.807) is 0 Å². The minimum absolute atomic E-state index is 0.545. The summed E-state index contributed by atoms with van der Waals surface area (Å²) in [6, 6.07) is 0. The van der Waals surface area contributed by atoms with Crippen LogP contribution in [-0.2, 0) is 19.7 Å². The van der Waals surface area contributed by atoms with Gasteiger partial charge in [-0.3, -0.25) is 14.7 Å². The molecule has 18 heavy (non-hydrogen) atoms. The van der Waals surface area contributed by atoms with Crippen LogP contribution in [0.1, 0.15) is 6.42 Å². The first kappa shape index (κ1) is 16.5. The van der Waals surface area contributed by atoms with Crippen molar-refractivity contribution in [1.29, 1.82) is 0 Å². The van der Waals surface area contributed by atoms with Gasteiger partial charge in [-0.1, -0.05) is 0 Å². The second-order valence-corrected chi connectivity index (χ2v) is 4.98. The molecular weight excluding hydrogens is 270 g/mol. The monoisotopic (exact) mass is 283 g/mol. The summed E-state index contributed by atoms with van der Waals surface area (Å²) in [5.41, 5.74) is 0. The van der Waals surface area contributed by atoms with Crippen LogP contribution >= 0.6 is 0 Å². The van der Waals surface area contributed by atoms with Crippen LogP contribution in [0.15, 0.2) is 12.2 Å². The summed E-state index contributed by atoms with van der Waals surface area (Å²) in [5, 5.41) is 26.4. The van der Waals surface area contributed by atoms with E-state index in [-0.39, 0.29) is 0 Å². The third kappa shape index (κ3) is 7.73. The van der Waals surface area contributed by atoms with Crippen LogP contribution < -0.4 is 5.32 Å². The molecule has 0 amide bonds. The summed E-state index contributed by atoms with van der Waals surface area (Å²) < 4.78 is 30.3. The van der Waals surface area contributed by atoms with E-state index >= 15 is 0 Å². The minimum Gasteiger partial charge on any atom is -0.481 e. The van der Waals surface area contributed by atoms with E-state index in [1.165, 1.54) is 0 Å². The fraction of sp³-hybridized carbons (Fsp3) is 0.500. The van der Waals surface area contributed by atoms with E-state index in [2.05, 4.69) is 5.32 Å². The molecule has 0 rings (SSSR count). The fourth-order valence-corrected chi connectivity index (χ4v) is 1.63. The van der Waals surface area contributed by atoms with Crippen molar-refractivity contribution in [1.82, 2.24) is 5.32 Å². The van der Waals surface area contributed by atoms with Gasteiger partial charge in [-0.15, -0.1) is 0 Å². The van der Waals surface area contributed by atoms with Crippen molar-refractivity contribution in [2.45, 2.75) is 17.9 Å². The number of rotatable bonds is 8. The van der Waals surface area contributed by atoms with Gasteiger partial charge in [-0.25, -0.2) is 4.79 Å². The predicted octanol–water partition coefficient (Wildman–Crippen LogP) is -1.73. The average molecular weight is 283 g/mol. The zero-order valence-corrected chi connectivity index (χ0v) is 9.87. The molecule has 0 radical (unpaired) electrons. The van der Waals surface area contributed by atoms with E-state index in [9.17, 15) is 18.0 Å². The van der Waals surface area contributed by atoms with Gasteiger partial charge in [0.1, 0.15) is 11.5 Å². The molecule has 0 aliphatic carbocycles. The van der Waals surface area contributed by atoms with Crippen LogP contribution in [0.25, 0.3) is 0 Å². The van der Waals surface area contributed by atoms with Crippen LogP contribution in [-0.4, -0.2) is 58.3 Å². The maximum atomic E-state index is 10.8. The molecule has 0 aromatic heterocycles. The SMILES string of the molecule is O=C(O)C=CC(O)NCC(CC(=O)O)S(=O)(=O)O. The largest absolute Gasteiger partial charge is 0.481 e. The number of hydrogen-bond acceptors (Lipinski definition) is 6. The Morgan fingerprint density at radius 1 is 1.28 bits per heavy atom. The van der Waals surface area contributed by atoms with Gasteiger partial charge in [0, 0.05) is 12.6 Å². The normalized spacial score (nSPS) is 15.4. The first-order valence-corrected chi connectivity index (χ1v) is 6.14. The van der Waals surface area contributed by atoms with Crippen molar-refractivity contribution < 1.29 is 37.9 Å². The number of carbonyl (C=O) groups is 2. The molecule has 0 spiro atoms. The number of aliphatic hydroxyl groups is 1. The molecule has 10 heteroatoms. The topological polar surface area (TPSA) is 161 Å². The van der Waals surface area contributed by atoms with Crippen LogP contribution in [0.3, 0.4) is 0 Å². The highest BCUT2D eigenvalue weighted by atomic mass is 32.2. The fourth-order valence-electron chi connectivity index (χ4n) is 0.971. The van der Waals surface area contributed by atoms with Gasteiger partial charge in [-0.05, 0) is 6.08 Å². The quantitative estimate of drug-likeness (QED) is 0.198. The molecule has 0 saturated carbocycles.